The van der Waals surface area contributed by atoms with Gasteiger partial charge in [-0.25, -0.2) is 4.39 Å². The lowest BCUT2D eigenvalue weighted by molar-refractivity contribution is -0.131. The van der Waals surface area contributed by atoms with Crippen molar-refractivity contribution >= 4 is 11.8 Å². The first kappa shape index (κ1) is 15.5. The first-order chi connectivity index (χ1) is 10.1. The van der Waals surface area contributed by atoms with E-state index in [1.54, 1.807) is 11.9 Å². The van der Waals surface area contributed by atoms with Gasteiger partial charge in [-0.1, -0.05) is 19.3 Å². The molecule has 0 heterocycles. The Bertz CT molecular complexity index is 496. The van der Waals surface area contributed by atoms with Crippen LogP contribution in [0.15, 0.2) is 24.3 Å². The molecule has 0 bridgehead atoms. The van der Waals surface area contributed by atoms with Crippen LogP contribution in [0.1, 0.15) is 42.5 Å². The number of carbonyl (C=O) groups is 2. The molecule has 1 fully saturated rings. The number of amides is 2. The second-order valence-electron chi connectivity index (χ2n) is 5.49. The predicted octanol–water partition coefficient (Wildman–Crippen LogP) is 2.35. The van der Waals surface area contributed by atoms with Crippen LogP contribution in [0, 0.1) is 5.82 Å². The summed E-state index contributed by atoms with van der Waals surface area (Å²) in [5.41, 5.74) is 0.351. The van der Waals surface area contributed by atoms with Gasteiger partial charge in [0.1, 0.15) is 5.82 Å². The molecule has 1 aliphatic carbocycles. The maximum atomic E-state index is 12.8. The van der Waals surface area contributed by atoms with Gasteiger partial charge < -0.3 is 10.2 Å². The molecule has 0 aromatic heterocycles. The van der Waals surface area contributed by atoms with E-state index in [0.717, 1.165) is 25.7 Å². The number of hydrogen-bond acceptors (Lipinski definition) is 2. The molecule has 114 valence electrons. The number of nitrogens with one attached hydrogen (secondary N) is 1. The summed E-state index contributed by atoms with van der Waals surface area (Å²) in [5.74, 6) is -0.836. The van der Waals surface area contributed by atoms with Crippen molar-refractivity contribution in [3.05, 3.63) is 35.6 Å². The topological polar surface area (TPSA) is 49.4 Å². The van der Waals surface area contributed by atoms with Crippen molar-refractivity contribution in [2.24, 2.45) is 0 Å². The standard InChI is InChI=1S/C16H21FN2O2/c1-19(14-5-3-2-4-6-14)15(20)11-18-16(21)12-7-9-13(17)10-8-12/h7-10,14H,2-6,11H2,1H3,(H,18,21). The smallest absolute Gasteiger partial charge is 0.251 e. The van der Waals surface area contributed by atoms with Crippen LogP contribution in [0.3, 0.4) is 0 Å². The van der Waals surface area contributed by atoms with Crippen molar-refractivity contribution < 1.29 is 14.0 Å². The van der Waals surface area contributed by atoms with E-state index in [2.05, 4.69) is 5.32 Å². The molecule has 21 heavy (non-hydrogen) atoms. The largest absolute Gasteiger partial charge is 0.343 e. The van der Waals surface area contributed by atoms with Gasteiger partial charge in [-0.15, -0.1) is 0 Å². The second-order valence-corrected chi connectivity index (χ2v) is 5.49. The van der Waals surface area contributed by atoms with Gasteiger partial charge in [0.15, 0.2) is 0 Å². The third-order valence-corrected chi connectivity index (χ3v) is 4.02. The molecule has 0 spiro atoms. The molecule has 0 unspecified atom stereocenters. The van der Waals surface area contributed by atoms with Crippen LogP contribution in [-0.2, 0) is 4.79 Å². The van der Waals surface area contributed by atoms with Gasteiger partial charge in [0.2, 0.25) is 5.91 Å². The van der Waals surface area contributed by atoms with Crippen LogP contribution in [0.5, 0.6) is 0 Å². The highest BCUT2D eigenvalue weighted by atomic mass is 19.1. The summed E-state index contributed by atoms with van der Waals surface area (Å²) >= 11 is 0. The molecule has 0 aliphatic heterocycles. The third kappa shape index (κ3) is 4.28. The Hall–Kier alpha value is -1.91. The molecule has 0 saturated heterocycles. The van der Waals surface area contributed by atoms with E-state index in [-0.39, 0.29) is 30.2 Å². The molecule has 1 aromatic rings. The van der Waals surface area contributed by atoms with Crippen molar-refractivity contribution in [1.29, 1.82) is 0 Å². The van der Waals surface area contributed by atoms with Gasteiger partial charge in [-0.05, 0) is 37.1 Å². The fourth-order valence-corrected chi connectivity index (χ4v) is 2.66. The fourth-order valence-electron chi connectivity index (χ4n) is 2.66. The molecule has 1 N–H and O–H groups in total. The lowest BCUT2D eigenvalue weighted by Gasteiger charge is -2.31. The molecule has 1 saturated carbocycles. The van der Waals surface area contributed by atoms with E-state index in [9.17, 15) is 14.0 Å². The molecule has 5 heteroatoms. The summed E-state index contributed by atoms with van der Waals surface area (Å²) < 4.78 is 12.8. The van der Waals surface area contributed by atoms with Crippen LogP contribution in [0.4, 0.5) is 4.39 Å². The number of carbonyl (C=O) groups excluding carboxylic acids is 2. The monoisotopic (exact) mass is 292 g/mol. The molecule has 2 rings (SSSR count). The maximum Gasteiger partial charge on any atom is 0.251 e. The van der Waals surface area contributed by atoms with E-state index in [0.29, 0.717) is 5.56 Å². The van der Waals surface area contributed by atoms with Gasteiger partial charge in [0.25, 0.3) is 5.91 Å². The average Bonchev–Trinajstić information content (AvgIpc) is 2.53. The van der Waals surface area contributed by atoms with Gasteiger partial charge in [0.05, 0.1) is 6.54 Å². The molecular weight excluding hydrogens is 271 g/mol. The van der Waals surface area contributed by atoms with Gasteiger partial charge in [0, 0.05) is 18.7 Å². The van der Waals surface area contributed by atoms with Crippen molar-refractivity contribution in [3.8, 4) is 0 Å². The molecule has 0 atom stereocenters. The van der Waals surface area contributed by atoms with Crippen molar-refractivity contribution in [3.63, 3.8) is 0 Å². The van der Waals surface area contributed by atoms with Gasteiger partial charge in [-0.3, -0.25) is 9.59 Å². The zero-order chi connectivity index (χ0) is 15.2. The molecule has 2 amide bonds. The highest BCUT2D eigenvalue weighted by molar-refractivity contribution is 5.96. The number of likely N-dealkylation sites (N-methyl/N-ethyl adjacent to an activating group) is 1. The zero-order valence-electron chi connectivity index (χ0n) is 12.3. The van der Waals surface area contributed by atoms with Crippen LogP contribution < -0.4 is 5.32 Å². The first-order valence-corrected chi connectivity index (χ1v) is 7.37. The zero-order valence-corrected chi connectivity index (χ0v) is 12.3. The molecule has 4 nitrogen and oxygen atoms in total. The second kappa shape index (κ2) is 7.20. The molecule has 1 aromatic carbocycles. The number of nitrogens with zero attached hydrogens (tertiary/aromatic N) is 1. The lowest BCUT2D eigenvalue weighted by atomic mass is 9.94. The lowest BCUT2D eigenvalue weighted by Crippen LogP contribution is -2.44. The van der Waals surface area contributed by atoms with Crippen molar-refractivity contribution in [2.45, 2.75) is 38.1 Å². The van der Waals surface area contributed by atoms with Crippen LogP contribution in [0.2, 0.25) is 0 Å². The summed E-state index contributed by atoms with van der Waals surface area (Å²) in [6, 6.07) is 5.55. The Morgan fingerprint density at radius 2 is 1.81 bits per heavy atom. The van der Waals surface area contributed by atoms with Crippen molar-refractivity contribution in [2.75, 3.05) is 13.6 Å². The fraction of sp³-hybridized carbons (Fsp3) is 0.500. The number of benzene rings is 1. The highest BCUT2D eigenvalue weighted by Gasteiger charge is 2.22. The van der Waals surface area contributed by atoms with Gasteiger partial charge in [-0.2, -0.15) is 0 Å². The van der Waals surface area contributed by atoms with Crippen LogP contribution in [-0.4, -0.2) is 36.3 Å². The van der Waals surface area contributed by atoms with Crippen molar-refractivity contribution in [1.82, 2.24) is 10.2 Å². The summed E-state index contributed by atoms with van der Waals surface area (Å²) in [5, 5.41) is 2.59. The minimum absolute atomic E-state index is 0.0246. The normalized spacial score (nSPS) is 15.5. The van der Waals surface area contributed by atoms with E-state index in [1.165, 1.54) is 30.7 Å². The Balaban J connectivity index is 1.82. The van der Waals surface area contributed by atoms with Crippen LogP contribution in [0.25, 0.3) is 0 Å². The SMILES string of the molecule is CN(C(=O)CNC(=O)c1ccc(F)cc1)C1CCCCC1. The summed E-state index contributed by atoms with van der Waals surface area (Å²) in [4.78, 5) is 25.7. The van der Waals surface area contributed by atoms with E-state index >= 15 is 0 Å². The van der Waals surface area contributed by atoms with Crippen LogP contribution >= 0.6 is 0 Å². The Morgan fingerprint density at radius 3 is 2.43 bits per heavy atom. The molecular formula is C16H21FN2O2. The number of rotatable bonds is 4. The predicted molar refractivity (Wildman–Crippen MR) is 78.4 cm³/mol. The highest BCUT2D eigenvalue weighted by Crippen LogP contribution is 2.21. The summed E-state index contributed by atoms with van der Waals surface area (Å²) in [6.45, 7) is -0.0246. The quantitative estimate of drug-likeness (QED) is 0.926. The third-order valence-electron chi connectivity index (χ3n) is 4.02. The number of hydrogen-bond donors (Lipinski definition) is 1. The minimum atomic E-state index is -0.389. The van der Waals surface area contributed by atoms with Gasteiger partial charge >= 0.3 is 0 Å². The summed E-state index contributed by atoms with van der Waals surface area (Å²) in [6.07, 6.45) is 5.62. The molecule has 0 radical (unpaired) electrons. The number of halogens is 1. The first-order valence-electron chi connectivity index (χ1n) is 7.37. The van der Waals surface area contributed by atoms with E-state index < -0.39 is 0 Å². The Morgan fingerprint density at radius 1 is 1.19 bits per heavy atom. The maximum absolute atomic E-state index is 12.8. The molecule has 1 aliphatic rings. The Kier molecular flexibility index (Phi) is 5.31. The summed E-state index contributed by atoms with van der Waals surface area (Å²) in [7, 11) is 1.79. The average molecular weight is 292 g/mol. The minimum Gasteiger partial charge on any atom is -0.343 e. The van der Waals surface area contributed by atoms with E-state index in [4.69, 9.17) is 0 Å². The van der Waals surface area contributed by atoms with E-state index in [1.807, 2.05) is 0 Å². The Labute approximate surface area is 124 Å².